The number of carbonyl (C=O) groups is 3. The van der Waals surface area contributed by atoms with E-state index in [2.05, 4.69) is 10.1 Å². The van der Waals surface area contributed by atoms with Gasteiger partial charge in [0.15, 0.2) is 5.76 Å². The first-order valence-corrected chi connectivity index (χ1v) is 8.36. The second-order valence-electron chi connectivity index (χ2n) is 6.02. The van der Waals surface area contributed by atoms with Crippen LogP contribution in [0.15, 0.2) is 47.1 Å². The van der Waals surface area contributed by atoms with E-state index in [0.717, 1.165) is 11.1 Å². The molecule has 26 heavy (non-hydrogen) atoms. The summed E-state index contributed by atoms with van der Waals surface area (Å²) in [6.07, 6.45) is 1.92. The predicted octanol–water partition coefficient (Wildman–Crippen LogP) is 1.53. The van der Waals surface area contributed by atoms with Gasteiger partial charge in [-0.15, -0.1) is 0 Å². The lowest BCUT2D eigenvalue weighted by atomic mass is 9.93. The van der Waals surface area contributed by atoms with Crippen molar-refractivity contribution in [3.8, 4) is 0 Å². The Morgan fingerprint density at radius 3 is 2.65 bits per heavy atom. The number of carbonyl (C=O) groups excluding carboxylic acids is 3. The molecule has 1 N–H and O–H groups in total. The SMILES string of the molecule is COC(=O)CCNC(=O)[C@@H]1Cc2ccccc2CN1C(=O)c1ccco1. The summed E-state index contributed by atoms with van der Waals surface area (Å²) in [4.78, 5) is 38.2. The number of amides is 2. The molecule has 2 amide bonds. The molecule has 0 spiro atoms. The van der Waals surface area contributed by atoms with Crippen molar-refractivity contribution in [3.05, 3.63) is 59.5 Å². The lowest BCUT2D eigenvalue weighted by molar-refractivity contribution is -0.140. The molecule has 0 unspecified atom stereocenters. The molecule has 0 saturated carbocycles. The van der Waals surface area contributed by atoms with E-state index in [1.807, 2.05) is 24.3 Å². The Labute approximate surface area is 150 Å². The monoisotopic (exact) mass is 356 g/mol. The van der Waals surface area contributed by atoms with E-state index in [4.69, 9.17) is 4.42 Å². The summed E-state index contributed by atoms with van der Waals surface area (Å²) < 4.78 is 9.77. The molecule has 136 valence electrons. The van der Waals surface area contributed by atoms with Gasteiger partial charge in [0.1, 0.15) is 6.04 Å². The molecule has 0 saturated heterocycles. The third kappa shape index (κ3) is 3.77. The summed E-state index contributed by atoms with van der Waals surface area (Å²) in [7, 11) is 1.30. The average Bonchev–Trinajstić information content (AvgIpc) is 3.20. The summed E-state index contributed by atoms with van der Waals surface area (Å²) in [6.45, 7) is 0.483. The van der Waals surface area contributed by atoms with Crippen LogP contribution in [0.25, 0.3) is 0 Å². The number of esters is 1. The number of nitrogens with one attached hydrogen (secondary N) is 1. The zero-order chi connectivity index (χ0) is 18.5. The molecule has 0 aliphatic carbocycles. The fraction of sp³-hybridized carbons (Fsp3) is 0.316. The fourth-order valence-corrected chi connectivity index (χ4v) is 3.02. The highest BCUT2D eigenvalue weighted by atomic mass is 16.5. The second-order valence-corrected chi connectivity index (χ2v) is 6.02. The van der Waals surface area contributed by atoms with Crippen LogP contribution in [0.4, 0.5) is 0 Å². The van der Waals surface area contributed by atoms with Crippen LogP contribution < -0.4 is 5.32 Å². The highest BCUT2D eigenvalue weighted by molar-refractivity contribution is 5.96. The van der Waals surface area contributed by atoms with Crippen LogP contribution in [-0.4, -0.2) is 42.4 Å². The molecule has 7 heteroatoms. The van der Waals surface area contributed by atoms with Gasteiger partial charge in [0.25, 0.3) is 5.91 Å². The maximum Gasteiger partial charge on any atom is 0.307 e. The zero-order valence-electron chi connectivity index (χ0n) is 14.4. The first-order valence-electron chi connectivity index (χ1n) is 8.36. The minimum atomic E-state index is -0.667. The van der Waals surface area contributed by atoms with E-state index in [-0.39, 0.29) is 30.5 Å². The number of nitrogens with zero attached hydrogens (tertiary/aromatic N) is 1. The molecule has 0 radical (unpaired) electrons. The molecule has 1 aliphatic rings. The molecular formula is C19H20N2O5. The first-order chi connectivity index (χ1) is 12.6. The van der Waals surface area contributed by atoms with Gasteiger partial charge in [0.2, 0.25) is 5.91 Å². The smallest absolute Gasteiger partial charge is 0.307 e. The van der Waals surface area contributed by atoms with E-state index >= 15 is 0 Å². The van der Waals surface area contributed by atoms with Gasteiger partial charge in [-0.25, -0.2) is 0 Å². The van der Waals surface area contributed by atoms with Gasteiger partial charge in [0.05, 0.1) is 19.8 Å². The number of ether oxygens (including phenoxy) is 1. The molecule has 2 aromatic rings. The summed E-state index contributed by atoms with van der Waals surface area (Å²) in [5.74, 6) is -0.847. The van der Waals surface area contributed by atoms with Crippen molar-refractivity contribution in [2.45, 2.75) is 25.4 Å². The third-order valence-corrected chi connectivity index (χ3v) is 4.40. The molecule has 7 nitrogen and oxygen atoms in total. The topological polar surface area (TPSA) is 88.9 Å². The van der Waals surface area contributed by atoms with Crippen molar-refractivity contribution in [2.75, 3.05) is 13.7 Å². The van der Waals surface area contributed by atoms with Crippen molar-refractivity contribution >= 4 is 17.8 Å². The molecule has 1 aromatic carbocycles. The fourth-order valence-electron chi connectivity index (χ4n) is 3.02. The number of hydrogen-bond acceptors (Lipinski definition) is 5. The van der Waals surface area contributed by atoms with Crippen LogP contribution in [0.1, 0.15) is 28.1 Å². The molecule has 0 fully saturated rings. The van der Waals surface area contributed by atoms with E-state index in [0.29, 0.717) is 13.0 Å². The molecule has 1 aliphatic heterocycles. The molecule has 1 atom stereocenters. The van der Waals surface area contributed by atoms with Crippen molar-refractivity contribution in [2.24, 2.45) is 0 Å². The van der Waals surface area contributed by atoms with E-state index in [1.54, 1.807) is 12.1 Å². The van der Waals surface area contributed by atoms with Gasteiger partial charge in [-0.3, -0.25) is 14.4 Å². The van der Waals surface area contributed by atoms with Crippen LogP contribution in [0, 0.1) is 0 Å². The molecular weight excluding hydrogens is 336 g/mol. The Hall–Kier alpha value is -3.09. The zero-order valence-corrected chi connectivity index (χ0v) is 14.4. The van der Waals surface area contributed by atoms with Gasteiger partial charge in [0, 0.05) is 19.5 Å². The minimum absolute atomic E-state index is 0.0810. The minimum Gasteiger partial charge on any atom is -0.469 e. The standard InChI is InChI=1S/C19H20N2O5/c1-25-17(22)8-9-20-18(23)15-11-13-5-2-3-6-14(13)12-21(15)19(24)16-7-4-10-26-16/h2-7,10,15H,8-9,11-12H2,1H3,(H,20,23)/t15-/m0/s1. The first kappa shape index (κ1) is 17.7. The van der Waals surface area contributed by atoms with Gasteiger partial charge in [-0.05, 0) is 23.3 Å². The molecule has 2 heterocycles. The van der Waals surface area contributed by atoms with E-state index in [9.17, 15) is 14.4 Å². The number of methoxy groups -OCH3 is 1. The highest BCUT2D eigenvalue weighted by Gasteiger charge is 2.35. The van der Waals surface area contributed by atoms with Crippen molar-refractivity contribution in [1.82, 2.24) is 10.2 Å². The normalized spacial score (nSPS) is 15.9. The second kappa shape index (κ2) is 7.86. The Balaban J connectivity index is 1.78. The lowest BCUT2D eigenvalue weighted by Crippen LogP contribution is -2.52. The van der Waals surface area contributed by atoms with Crippen LogP contribution in [0.5, 0.6) is 0 Å². The predicted molar refractivity (Wildman–Crippen MR) is 92.2 cm³/mol. The van der Waals surface area contributed by atoms with Crippen LogP contribution >= 0.6 is 0 Å². The van der Waals surface area contributed by atoms with Crippen LogP contribution in [0.3, 0.4) is 0 Å². The summed E-state index contributed by atoms with van der Waals surface area (Å²) >= 11 is 0. The molecule has 3 rings (SSSR count). The van der Waals surface area contributed by atoms with Crippen molar-refractivity contribution in [3.63, 3.8) is 0 Å². The maximum atomic E-state index is 12.8. The van der Waals surface area contributed by atoms with Crippen LogP contribution in [0.2, 0.25) is 0 Å². The number of fused-ring (bicyclic) bond motifs is 1. The maximum absolute atomic E-state index is 12.8. The lowest BCUT2D eigenvalue weighted by Gasteiger charge is -2.35. The van der Waals surface area contributed by atoms with E-state index < -0.39 is 12.0 Å². The number of rotatable bonds is 5. The Bertz CT molecular complexity index is 800. The number of furan rings is 1. The van der Waals surface area contributed by atoms with Crippen molar-refractivity contribution < 1.29 is 23.5 Å². The third-order valence-electron chi connectivity index (χ3n) is 4.40. The van der Waals surface area contributed by atoms with E-state index in [1.165, 1.54) is 18.3 Å². The van der Waals surface area contributed by atoms with Crippen LogP contribution in [-0.2, 0) is 27.3 Å². The quantitative estimate of drug-likeness (QED) is 0.821. The summed E-state index contributed by atoms with van der Waals surface area (Å²) in [5.41, 5.74) is 2.04. The largest absolute Gasteiger partial charge is 0.469 e. The number of hydrogen-bond donors (Lipinski definition) is 1. The van der Waals surface area contributed by atoms with Crippen molar-refractivity contribution in [1.29, 1.82) is 0 Å². The van der Waals surface area contributed by atoms with Gasteiger partial charge >= 0.3 is 5.97 Å². The van der Waals surface area contributed by atoms with Gasteiger partial charge in [-0.2, -0.15) is 0 Å². The Morgan fingerprint density at radius 1 is 1.19 bits per heavy atom. The summed E-state index contributed by atoms with van der Waals surface area (Å²) in [6, 6.07) is 10.3. The molecule has 1 aromatic heterocycles. The van der Waals surface area contributed by atoms with Gasteiger partial charge < -0.3 is 19.4 Å². The number of benzene rings is 1. The highest BCUT2D eigenvalue weighted by Crippen LogP contribution is 2.25. The Morgan fingerprint density at radius 2 is 1.96 bits per heavy atom. The average molecular weight is 356 g/mol. The summed E-state index contributed by atoms with van der Waals surface area (Å²) in [5, 5.41) is 2.71. The molecule has 0 bridgehead atoms. The Kier molecular flexibility index (Phi) is 5.36. The van der Waals surface area contributed by atoms with Gasteiger partial charge in [-0.1, -0.05) is 24.3 Å².